The molecule has 0 spiro atoms. The molecule has 0 aliphatic carbocycles. The van der Waals surface area contributed by atoms with E-state index in [0.717, 1.165) is 10.0 Å². The van der Waals surface area contributed by atoms with Gasteiger partial charge < -0.3 is 0 Å². The van der Waals surface area contributed by atoms with Crippen LogP contribution in [0, 0.1) is 0 Å². The van der Waals surface area contributed by atoms with Gasteiger partial charge in [-0.2, -0.15) is 0 Å². The van der Waals surface area contributed by atoms with Crippen LogP contribution in [-0.2, 0) is 0 Å². The van der Waals surface area contributed by atoms with Crippen LogP contribution in [0.15, 0.2) is 133 Å². The summed E-state index contributed by atoms with van der Waals surface area (Å²) in [7, 11) is 0. The van der Waals surface area contributed by atoms with Crippen LogP contribution in [0.1, 0.15) is 11.7 Å². The molecule has 148 valence electrons. The second-order valence-electron chi connectivity index (χ2n) is 7.49. The predicted molar refractivity (Wildman–Crippen MR) is 129 cm³/mol. The van der Waals surface area contributed by atoms with Crippen molar-refractivity contribution in [3.05, 3.63) is 139 Å². The number of aliphatic hydroxyl groups excluding tert-OH is 1. The van der Waals surface area contributed by atoms with E-state index in [1.165, 1.54) is 10.7 Å². The van der Waals surface area contributed by atoms with Crippen molar-refractivity contribution in [3.63, 3.8) is 0 Å². The molecule has 0 aliphatic rings. The average molecular weight is 497 g/mol. The molecular formula is C28H26OSn. The van der Waals surface area contributed by atoms with Gasteiger partial charge in [-0.05, 0) is 0 Å². The van der Waals surface area contributed by atoms with E-state index in [1.807, 2.05) is 36.4 Å². The Morgan fingerprint density at radius 3 is 1.33 bits per heavy atom. The fourth-order valence-electron chi connectivity index (χ4n) is 4.16. The fraction of sp³-hybridized carbons (Fsp3) is 0.0714. The molecule has 1 unspecified atom stereocenters. The van der Waals surface area contributed by atoms with Crippen LogP contribution in [0.4, 0.5) is 0 Å². The summed E-state index contributed by atoms with van der Waals surface area (Å²) in [5.41, 5.74) is 0.925. The molecule has 2 heteroatoms. The number of benzene rings is 4. The van der Waals surface area contributed by atoms with Crippen molar-refractivity contribution in [2.45, 2.75) is 10.5 Å². The summed E-state index contributed by atoms with van der Waals surface area (Å²) in [6.07, 6.45) is 3.58. The molecule has 0 radical (unpaired) electrons. The van der Waals surface area contributed by atoms with Crippen molar-refractivity contribution in [2.24, 2.45) is 0 Å². The van der Waals surface area contributed by atoms with E-state index in [-0.39, 0.29) is 0 Å². The summed E-state index contributed by atoms with van der Waals surface area (Å²) in [5, 5.41) is 10.7. The second-order valence-corrected chi connectivity index (χ2v) is 18.8. The van der Waals surface area contributed by atoms with Crippen molar-refractivity contribution in [1.29, 1.82) is 0 Å². The van der Waals surface area contributed by atoms with Crippen molar-refractivity contribution in [2.75, 3.05) is 0 Å². The topological polar surface area (TPSA) is 20.2 Å². The molecule has 30 heavy (non-hydrogen) atoms. The molecule has 0 aliphatic heterocycles. The molecule has 4 aromatic carbocycles. The van der Waals surface area contributed by atoms with Crippen molar-refractivity contribution >= 4 is 29.1 Å². The summed E-state index contributed by atoms with van der Waals surface area (Å²) in [5.74, 6) is 0. The van der Waals surface area contributed by atoms with E-state index in [1.54, 1.807) is 0 Å². The maximum atomic E-state index is 10.7. The Kier molecular flexibility index (Phi) is 6.83. The van der Waals surface area contributed by atoms with Gasteiger partial charge >= 0.3 is 184 Å². The van der Waals surface area contributed by atoms with Crippen LogP contribution in [-0.4, -0.2) is 23.5 Å². The van der Waals surface area contributed by atoms with Gasteiger partial charge in [0.1, 0.15) is 0 Å². The van der Waals surface area contributed by atoms with Gasteiger partial charge in [0.15, 0.2) is 0 Å². The normalized spacial score (nSPS) is 12.7. The molecule has 4 aromatic rings. The molecular weight excluding hydrogens is 471 g/mol. The van der Waals surface area contributed by atoms with Crippen LogP contribution in [0.5, 0.6) is 0 Å². The van der Waals surface area contributed by atoms with Crippen LogP contribution >= 0.6 is 0 Å². The third-order valence-corrected chi connectivity index (χ3v) is 19.4. The first-order chi connectivity index (χ1) is 14.8. The molecule has 0 aromatic heterocycles. The zero-order chi connectivity index (χ0) is 20.7. The minimum absolute atomic E-state index is 0.586. The number of hydrogen-bond acceptors (Lipinski definition) is 1. The summed E-state index contributed by atoms with van der Waals surface area (Å²) in [6, 6.07) is 42.7. The molecule has 0 amide bonds. The Balaban J connectivity index is 1.80. The van der Waals surface area contributed by atoms with Crippen LogP contribution in [0.3, 0.4) is 0 Å². The summed E-state index contributed by atoms with van der Waals surface area (Å²) in [4.78, 5) is 0. The Morgan fingerprint density at radius 1 is 0.567 bits per heavy atom. The van der Waals surface area contributed by atoms with Gasteiger partial charge in [-0.25, -0.2) is 0 Å². The summed E-state index contributed by atoms with van der Waals surface area (Å²) < 4.78 is 5.30. The zero-order valence-corrected chi connectivity index (χ0v) is 19.8. The third-order valence-electron chi connectivity index (χ3n) is 5.68. The first-order valence-corrected chi connectivity index (χ1v) is 16.7. The minimum atomic E-state index is -3.29. The standard InChI is InChI=1S/C10H11O.3C6H5.Sn/c1-2-6-10(11)9-7-4-3-5-8-9;3*1-2-4-6-5-3-1;/h2-8,10-11H,1H2;3*1-5H;/b6-2+;;;;. The number of rotatable bonds is 7. The molecule has 1 atom stereocenters. The molecule has 0 saturated carbocycles. The van der Waals surface area contributed by atoms with Crippen molar-refractivity contribution in [1.82, 2.24) is 0 Å². The van der Waals surface area contributed by atoms with Crippen LogP contribution < -0.4 is 10.7 Å². The van der Waals surface area contributed by atoms with Crippen LogP contribution in [0.2, 0.25) is 4.44 Å². The van der Waals surface area contributed by atoms with Crippen molar-refractivity contribution < 1.29 is 5.11 Å². The van der Waals surface area contributed by atoms with Gasteiger partial charge in [0.2, 0.25) is 0 Å². The summed E-state index contributed by atoms with van der Waals surface area (Å²) >= 11 is -3.29. The monoisotopic (exact) mass is 498 g/mol. The molecule has 0 saturated heterocycles. The number of aliphatic hydroxyl groups is 1. The SMILES string of the molecule is OC(/C=C/[CH2][Sn]([c]1ccccc1)([c]1ccccc1)[c]1ccccc1)c1ccccc1. The predicted octanol–water partition coefficient (Wildman–Crippen LogP) is 4.45. The van der Waals surface area contributed by atoms with E-state index in [0.29, 0.717) is 0 Å². The van der Waals surface area contributed by atoms with Gasteiger partial charge in [0, 0.05) is 0 Å². The van der Waals surface area contributed by atoms with E-state index in [2.05, 4.69) is 97.1 Å². The fourth-order valence-corrected chi connectivity index (χ4v) is 16.9. The Morgan fingerprint density at radius 2 is 0.933 bits per heavy atom. The molecule has 1 nitrogen and oxygen atoms in total. The Bertz CT molecular complexity index is 964. The van der Waals surface area contributed by atoms with Gasteiger partial charge in [-0.15, -0.1) is 0 Å². The average Bonchev–Trinajstić information content (AvgIpc) is 2.84. The van der Waals surface area contributed by atoms with Crippen molar-refractivity contribution in [3.8, 4) is 0 Å². The molecule has 4 rings (SSSR count). The molecule has 0 heterocycles. The molecule has 1 N–H and O–H groups in total. The number of hydrogen-bond donors (Lipinski definition) is 1. The van der Waals surface area contributed by atoms with Gasteiger partial charge in [-0.3, -0.25) is 0 Å². The van der Waals surface area contributed by atoms with Crippen LogP contribution in [0.25, 0.3) is 0 Å². The number of allylic oxidation sites excluding steroid dienone is 1. The third kappa shape index (κ3) is 4.43. The molecule has 0 fully saturated rings. The quantitative estimate of drug-likeness (QED) is 0.296. The van der Waals surface area contributed by atoms with Gasteiger partial charge in [0.05, 0.1) is 0 Å². The van der Waals surface area contributed by atoms with E-state index in [9.17, 15) is 5.11 Å². The molecule has 0 bridgehead atoms. The zero-order valence-electron chi connectivity index (χ0n) is 16.9. The Labute approximate surface area is 183 Å². The Hall–Kier alpha value is -2.62. The van der Waals surface area contributed by atoms with E-state index in [4.69, 9.17) is 0 Å². The second kappa shape index (κ2) is 9.92. The first-order valence-electron chi connectivity index (χ1n) is 10.4. The van der Waals surface area contributed by atoms with E-state index < -0.39 is 24.5 Å². The van der Waals surface area contributed by atoms with E-state index >= 15 is 0 Å². The first kappa shape index (κ1) is 20.6. The maximum absolute atomic E-state index is 10.7. The van der Waals surface area contributed by atoms with Gasteiger partial charge in [0.25, 0.3) is 0 Å². The summed E-state index contributed by atoms with van der Waals surface area (Å²) in [6.45, 7) is 0. The van der Waals surface area contributed by atoms with Gasteiger partial charge in [-0.1, -0.05) is 0 Å².